The van der Waals surface area contributed by atoms with Crippen molar-refractivity contribution in [3.8, 4) is 5.75 Å². The summed E-state index contributed by atoms with van der Waals surface area (Å²) in [6.07, 6.45) is 0. The first-order chi connectivity index (χ1) is 16.2. The van der Waals surface area contributed by atoms with Crippen LogP contribution in [0.5, 0.6) is 5.75 Å². The zero-order valence-electron chi connectivity index (χ0n) is 18.4. The zero-order chi connectivity index (χ0) is 24.4. The molecule has 0 bridgehead atoms. The second kappa shape index (κ2) is 9.71. The highest BCUT2D eigenvalue weighted by Crippen LogP contribution is 2.28. The van der Waals surface area contributed by atoms with Gasteiger partial charge in [-0.1, -0.05) is 53.5 Å². The van der Waals surface area contributed by atoms with Crippen LogP contribution in [0.3, 0.4) is 0 Å². The first-order valence-corrected chi connectivity index (χ1v) is 11.2. The number of rotatable bonds is 6. The third-order valence-electron chi connectivity index (χ3n) is 5.31. The van der Waals surface area contributed by atoms with E-state index < -0.39 is 17.8 Å². The SMILES string of the molecule is Cc1cc(OC(=O)c2ccc(NC3=C(Cl)C(=O)N(Cc4ccccc4)C3=O)cc2)cc(C)c1Cl. The number of hydrogen-bond donors (Lipinski definition) is 1. The molecule has 34 heavy (non-hydrogen) atoms. The van der Waals surface area contributed by atoms with Gasteiger partial charge >= 0.3 is 5.97 Å². The highest BCUT2D eigenvalue weighted by molar-refractivity contribution is 6.48. The van der Waals surface area contributed by atoms with Crippen LogP contribution in [0.4, 0.5) is 5.69 Å². The van der Waals surface area contributed by atoms with E-state index in [2.05, 4.69) is 5.32 Å². The van der Waals surface area contributed by atoms with Crippen molar-refractivity contribution in [1.29, 1.82) is 0 Å². The third-order valence-corrected chi connectivity index (χ3v) is 6.25. The van der Waals surface area contributed by atoms with Crippen molar-refractivity contribution in [1.82, 2.24) is 4.90 Å². The summed E-state index contributed by atoms with van der Waals surface area (Å²) < 4.78 is 5.46. The Hall–Kier alpha value is -3.61. The number of hydrogen-bond acceptors (Lipinski definition) is 5. The number of imide groups is 1. The summed E-state index contributed by atoms with van der Waals surface area (Å²) in [7, 11) is 0. The van der Waals surface area contributed by atoms with Gasteiger partial charge in [-0.25, -0.2) is 4.79 Å². The monoisotopic (exact) mass is 494 g/mol. The van der Waals surface area contributed by atoms with Crippen LogP contribution in [0.1, 0.15) is 27.0 Å². The van der Waals surface area contributed by atoms with Gasteiger partial charge in [0.1, 0.15) is 16.5 Å². The van der Waals surface area contributed by atoms with E-state index in [-0.39, 0.29) is 17.3 Å². The van der Waals surface area contributed by atoms with E-state index in [1.165, 1.54) is 0 Å². The van der Waals surface area contributed by atoms with Crippen molar-refractivity contribution in [2.45, 2.75) is 20.4 Å². The van der Waals surface area contributed by atoms with Crippen molar-refractivity contribution < 1.29 is 19.1 Å². The first kappa shape index (κ1) is 23.5. The van der Waals surface area contributed by atoms with Gasteiger partial charge in [0.2, 0.25) is 0 Å². The fourth-order valence-corrected chi connectivity index (χ4v) is 3.87. The van der Waals surface area contributed by atoms with Gasteiger partial charge in [-0.15, -0.1) is 0 Å². The van der Waals surface area contributed by atoms with E-state index in [1.807, 2.05) is 44.2 Å². The van der Waals surface area contributed by atoms with Crippen molar-refractivity contribution in [2.24, 2.45) is 0 Å². The first-order valence-electron chi connectivity index (χ1n) is 10.4. The lowest BCUT2D eigenvalue weighted by atomic mass is 10.1. The van der Waals surface area contributed by atoms with Gasteiger partial charge < -0.3 is 10.1 Å². The third kappa shape index (κ3) is 4.83. The van der Waals surface area contributed by atoms with Crippen molar-refractivity contribution in [3.63, 3.8) is 0 Å². The Morgan fingerprint density at radius 2 is 1.53 bits per heavy atom. The number of carbonyl (C=O) groups is 3. The quantitative estimate of drug-likeness (QED) is 0.274. The number of aryl methyl sites for hydroxylation is 2. The van der Waals surface area contributed by atoms with Crippen molar-refractivity contribution >= 4 is 46.7 Å². The standard InChI is InChI=1S/C26H20Cl2N2O4/c1-15-12-20(13-16(2)21(15)27)34-26(33)18-8-10-19(11-9-18)29-23-22(28)24(31)30(25(23)32)14-17-6-4-3-5-7-17/h3-13,29H,14H2,1-2H3. The van der Waals surface area contributed by atoms with E-state index in [0.29, 0.717) is 22.0 Å². The Balaban J connectivity index is 1.44. The molecule has 0 aromatic heterocycles. The second-order valence-corrected chi connectivity index (χ2v) is 8.59. The van der Waals surface area contributed by atoms with Crippen LogP contribution in [0.15, 0.2) is 77.5 Å². The molecule has 4 rings (SSSR count). The molecule has 0 saturated heterocycles. The molecule has 0 unspecified atom stereocenters. The number of amides is 2. The van der Waals surface area contributed by atoms with Gasteiger partial charge in [0.05, 0.1) is 12.1 Å². The van der Waals surface area contributed by atoms with Gasteiger partial charge in [-0.05, 0) is 66.9 Å². The molecular formula is C26H20Cl2N2O4. The molecule has 8 heteroatoms. The smallest absolute Gasteiger partial charge is 0.343 e. The highest BCUT2D eigenvalue weighted by atomic mass is 35.5. The molecule has 172 valence electrons. The predicted molar refractivity (Wildman–Crippen MR) is 131 cm³/mol. The highest BCUT2D eigenvalue weighted by Gasteiger charge is 2.37. The number of esters is 1. The summed E-state index contributed by atoms with van der Waals surface area (Å²) >= 11 is 12.3. The normalized spacial score (nSPS) is 13.5. The Kier molecular flexibility index (Phi) is 6.72. The van der Waals surface area contributed by atoms with E-state index in [9.17, 15) is 14.4 Å². The summed E-state index contributed by atoms with van der Waals surface area (Å²) in [5.74, 6) is -1.22. The van der Waals surface area contributed by atoms with Gasteiger partial charge in [0.15, 0.2) is 0 Å². The Morgan fingerprint density at radius 1 is 0.912 bits per heavy atom. The largest absolute Gasteiger partial charge is 0.423 e. The number of halogens is 2. The van der Waals surface area contributed by atoms with Crippen LogP contribution in [0.2, 0.25) is 5.02 Å². The minimum Gasteiger partial charge on any atom is -0.423 e. The minimum atomic E-state index is -0.563. The van der Waals surface area contributed by atoms with Crippen LogP contribution in [-0.2, 0) is 16.1 Å². The maximum absolute atomic E-state index is 12.8. The summed E-state index contributed by atoms with van der Waals surface area (Å²) in [4.78, 5) is 38.9. The summed E-state index contributed by atoms with van der Waals surface area (Å²) in [5, 5.41) is 3.34. The molecule has 6 nitrogen and oxygen atoms in total. The van der Waals surface area contributed by atoms with Crippen molar-refractivity contribution in [3.05, 3.63) is 105 Å². The van der Waals surface area contributed by atoms with E-state index in [1.54, 1.807) is 36.4 Å². The van der Waals surface area contributed by atoms with Gasteiger partial charge in [-0.2, -0.15) is 0 Å². The molecule has 1 heterocycles. The maximum atomic E-state index is 12.8. The lowest BCUT2D eigenvalue weighted by molar-refractivity contribution is -0.138. The predicted octanol–water partition coefficient (Wildman–Crippen LogP) is 5.61. The van der Waals surface area contributed by atoms with Gasteiger partial charge in [0.25, 0.3) is 11.8 Å². The molecule has 0 fully saturated rings. The Morgan fingerprint density at radius 3 is 2.15 bits per heavy atom. The molecule has 1 aliphatic heterocycles. The lowest BCUT2D eigenvalue weighted by Crippen LogP contribution is -2.31. The molecule has 0 spiro atoms. The average Bonchev–Trinajstić information content (AvgIpc) is 3.02. The van der Waals surface area contributed by atoms with Crippen LogP contribution < -0.4 is 10.1 Å². The summed E-state index contributed by atoms with van der Waals surface area (Å²) in [5.41, 5.74) is 3.23. The number of anilines is 1. The molecule has 1 N–H and O–H groups in total. The van der Waals surface area contributed by atoms with Gasteiger partial charge in [-0.3, -0.25) is 14.5 Å². The number of benzene rings is 3. The molecule has 0 radical (unpaired) electrons. The van der Waals surface area contributed by atoms with Crippen LogP contribution in [0.25, 0.3) is 0 Å². The van der Waals surface area contributed by atoms with E-state index in [4.69, 9.17) is 27.9 Å². The topological polar surface area (TPSA) is 75.7 Å². The average molecular weight is 495 g/mol. The molecule has 0 atom stereocenters. The number of nitrogens with one attached hydrogen (secondary N) is 1. The zero-order valence-corrected chi connectivity index (χ0v) is 19.9. The fraction of sp³-hybridized carbons (Fsp3) is 0.115. The van der Waals surface area contributed by atoms with E-state index >= 15 is 0 Å². The molecule has 0 aliphatic carbocycles. The fourth-order valence-electron chi connectivity index (χ4n) is 3.53. The van der Waals surface area contributed by atoms with Crippen molar-refractivity contribution in [2.75, 3.05) is 5.32 Å². The van der Waals surface area contributed by atoms with Crippen LogP contribution in [-0.4, -0.2) is 22.7 Å². The molecule has 2 amide bonds. The maximum Gasteiger partial charge on any atom is 0.343 e. The number of nitrogens with zero attached hydrogens (tertiary/aromatic N) is 1. The van der Waals surface area contributed by atoms with Crippen LogP contribution in [0, 0.1) is 13.8 Å². The Bertz CT molecular complexity index is 1300. The van der Waals surface area contributed by atoms with Crippen LogP contribution >= 0.6 is 23.2 Å². The second-order valence-electron chi connectivity index (χ2n) is 7.83. The molecule has 1 aliphatic rings. The van der Waals surface area contributed by atoms with E-state index in [0.717, 1.165) is 21.6 Å². The molecule has 3 aromatic carbocycles. The molecule has 0 saturated carbocycles. The summed E-state index contributed by atoms with van der Waals surface area (Å²) in [6, 6.07) is 18.9. The summed E-state index contributed by atoms with van der Waals surface area (Å²) in [6.45, 7) is 3.79. The molecular weight excluding hydrogens is 475 g/mol. The molecule has 3 aromatic rings. The Labute approximate surface area is 206 Å². The number of ether oxygens (including phenoxy) is 1. The minimum absolute atomic E-state index is 0.00922. The van der Waals surface area contributed by atoms with Gasteiger partial charge in [0, 0.05) is 10.7 Å². The lowest BCUT2D eigenvalue weighted by Gasteiger charge is -2.15. The number of carbonyl (C=O) groups excluding carboxylic acids is 3.